The van der Waals surface area contributed by atoms with Crippen molar-refractivity contribution >= 4 is 0 Å². The third-order valence-corrected chi connectivity index (χ3v) is 3.57. The van der Waals surface area contributed by atoms with Crippen molar-refractivity contribution in [1.29, 1.82) is 0 Å². The van der Waals surface area contributed by atoms with Crippen LogP contribution in [0, 0.1) is 6.57 Å². The second kappa shape index (κ2) is 6.95. The lowest BCUT2D eigenvalue weighted by Crippen LogP contribution is -2.01. The molecule has 0 aliphatic carbocycles. The number of hydrogen-bond acceptors (Lipinski definition) is 1. The van der Waals surface area contributed by atoms with Gasteiger partial charge in [0, 0.05) is 12.5 Å². The van der Waals surface area contributed by atoms with Crippen LogP contribution < -0.4 is 4.74 Å². The van der Waals surface area contributed by atoms with E-state index < -0.39 is 0 Å². The second-order valence-electron chi connectivity index (χ2n) is 5.53. The van der Waals surface area contributed by atoms with E-state index >= 15 is 0 Å². The molecule has 2 aromatic carbocycles. The highest BCUT2D eigenvalue weighted by atomic mass is 16.5. The molecule has 2 nitrogen and oxygen atoms in total. The summed E-state index contributed by atoms with van der Waals surface area (Å²) in [6, 6.07) is 16.1. The van der Waals surface area contributed by atoms with E-state index in [0.717, 1.165) is 16.9 Å². The number of benzene rings is 2. The molecular formula is C19H21NO. The van der Waals surface area contributed by atoms with Gasteiger partial charge in [-0.05, 0) is 35.2 Å². The van der Waals surface area contributed by atoms with E-state index in [1.807, 2.05) is 37.3 Å². The van der Waals surface area contributed by atoms with Crippen molar-refractivity contribution in [3.63, 3.8) is 0 Å². The van der Waals surface area contributed by atoms with Crippen LogP contribution in [0.4, 0.5) is 0 Å². The average Bonchev–Trinajstić information content (AvgIpc) is 2.52. The summed E-state index contributed by atoms with van der Waals surface area (Å²) in [5.74, 6) is 1.28. The average molecular weight is 279 g/mol. The van der Waals surface area contributed by atoms with Crippen molar-refractivity contribution in [3.8, 4) is 5.75 Å². The zero-order chi connectivity index (χ0) is 15.2. The van der Waals surface area contributed by atoms with Gasteiger partial charge < -0.3 is 9.58 Å². The van der Waals surface area contributed by atoms with Crippen LogP contribution in [0.5, 0.6) is 5.75 Å². The lowest BCUT2D eigenvalue weighted by atomic mass is 9.97. The SMILES string of the molecule is [C-]#[N+]C(C)c1ccc(OCc2ccccc2)c(C(C)C)c1. The van der Waals surface area contributed by atoms with Gasteiger partial charge in [0.2, 0.25) is 6.04 Å². The standard InChI is InChI=1S/C19H21NO/c1-14(2)18-12-17(15(3)20-4)10-11-19(18)21-13-16-8-6-5-7-9-16/h5-12,14-15H,13H2,1-3H3. The predicted molar refractivity (Wildman–Crippen MR) is 86.3 cm³/mol. The van der Waals surface area contributed by atoms with Gasteiger partial charge in [-0.15, -0.1) is 0 Å². The molecule has 0 radical (unpaired) electrons. The normalized spacial score (nSPS) is 12.0. The first-order chi connectivity index (χ1) is 10.1. The van der Waals surface area contributed by atoms with Gasteiger partial charge in [-0.1, -0.05) is 44.2 Å². The minimum atomic E-state index is -0.106. The smallest absolute Gasteiger partial charge is 0.245 e. The second-order valence-corrected chi connectivity index (χ2v) is 5.53. The fourth-order valence-electron chi connectivity index (χ4n) is 2.22. The number of rotatable bonds is 5. The van der Waals surface area contributed by atoms with Gasteiger partial charge in [0.1, 0.15) is 12.4 Å². The molecule has 108 valence electrons. The molecule has 1 unspecified atom stereocenters. The van der Waals surface area contributed by atoms with E-state index in [0.29, 0.717) is 12.5 Å². The first-order valence-electron chi connectivity index (χ1n) is 7.29. The number of hydrogen-bond donors (Lipinski definition) is 0. The maximum atomic E-state index is 7.16. The number of ether oxygens (including phenoxy) is 1. The molecular weight excluding hydrogens is 258 g/mol. The van der Waals surface area contributed by atoms with Crippen molar-refractivity contribution in [1.82, 2.24) is 0 Å². The first kappa shape index (κ1) is 15.1. The van der Waals surface area contributed by atoms with Crippen molar-refractivity contribution < 1.29 is 4.74 Å². The Morgan fingerprint density at radius 3 is 2.38 bits per heavy atom. The Kier molecular flexibility index (Phi) is 5.00. The molecule has 0 spiro atoms. The summed E-state index contributed by atoms with van der Waals surface area (Å²) >= 11 is 0. The fourth-order valence-corrected chi connectivity index (χ4v) is 2.22. The summed E-state index contributed by atoms with van der Waals surface area (Å²) in [7, 11) is 0. The Morgan fingerprint density at radius 1 is 1.05 bits per heavy atom. The van der Waals surface area contributed by atoms with Gasteiger partial charge in [-0.3, -0.25) is 0 Å². The molecule has 0 saturated carbocycles. The van der Waals surface area contributed by atoms with Crippen LogP contribution in [0.2, 0.25) is 0 Å². The minimum Gasteiger partial charge on any atom is -0.489 e. The summed E-state index contributed by atoms with van der Waals surface area (Å²) < 4.78 is 5.98. The molecule has 2 rings (SSSR count). The van der Waals surface area contributed by atoms with Gasteiger partial charge in [0.25, 0.3) is 0 Å². The van der Waals surface area contributed by atoms with Crippen molar-refractivity contribution in [2.45, 2.75) is 39.3 Å². The first-order valence-corrected chi connectivity index (χ1v) is 7.29. The van der Waals surface area contributed by atoms with Gasteiger partial charge in [-0.25, -0.2) is 6.57 Å². The molecule has 0 aliphatic heterocycles. The minimum absolute atomic E-state index is 0.106. The maximum absolute atomic E-state index is 7.16. The summed E-state index contributed by atoms with van der Waals surface area (Å²) in [6.07, 6.45) is 0. The van der Waals surface area contributed by atoms with Crippen LogP contribution in [0.1, 0.15) is 49.4 Å². The largest absolute Gasteiger partial charge is 0.489 e. The van der Waals surface area contributed by atoms with E-state index in [4.69, 9.17) is 11.3 Å². The highest BCUT2D eigenvalue weighted by Crippen LogP contribution is 2.31. The molecule has 0 heterocycles. The Bertz CT molecular complexity index is 626. The summed E-state index contributed by atoms with van der Waals surface area (Å²) in [5.41, 5.74) is 3.38. The fraction of sp³-hybridized carbons (Fsp3) is 0.316. The van der Waals surface area contributed by atoms with E-state index in [9.17, 15) is 0 Å². The van der Waals surface area contributed by atoms with Gasteiger partial charge in [0.05, 0.1) is 0 Å². The lowest BCUT2D eigenvalue weighted by Gasteiger charge is -2.15. The predicted octanol–water partition coefficient (Wildman–Crippen LogP) is 5.37. The zero-order valence-electron chi connectivity index (χ0n) is 12.8. The quantitative estimate of drug-likeness (QED) is 0.671. The van der Waals surface area contributed by atoms with Crippen LogP contribution in [0.15, 0.2) is 48.5 Å². The van der Waals surface area contributed by atoms with E-state index in [1.54, 1.807) is 0 Å². The monoisotopic (exact) mass is 279 g/mol. The molecule has 0 amide bonds. The van der Waals surface area contributed by atoms with Crippen LogP contribution >= 0.6 is 0 Å². The lowest BCUT2D eigenvalue weighted by molar-refractivity contribution is 0.301. The van der Waals surface area contributed by atoms with E-state index in [1.165, 1.54) is 5.56 Å². The molecule has 0 aliphatic rings. The van der Waals surface area contributed by atoms with Gasteiger partial charge in [-0.2, -0.15) is 0 Å². The molecule has 0 aromatic heterocycles. The van der Waals surface area contributed by atoms with Crippen molar-refractivity contribution in [3.05, 3.63) is 76.6 Å². The molecule has 1 atom stereocenters. The maximum Gasteiger partial charge on any atom is 0.245 e. The Hall–Kier alpha value is -2.27. The molecule has 21 heavy (non-hydrogen) atoms. The Morgan fingerprint density at radius 2 is 1.76 bits per heavy atom. The molecule has 0 N–H and O–H groups in total. The highest BCUT2D eigenvalue weighted by Gasteiger charge is 2.14. The molecule has 0 fully saturated rings. The van der Waals surface area contributed by atoms with Gasteiger partial charge >= 0.3 is 0 Å². The van der Waals surface area contributed by atoms with Crippen LogP contribution in [-0.4, -0.2) is 0 Å². The van der Waals surface area contributed by atoms with Crippen LogP contribution in [-0.2, 0) is 6.61 Å². The van der Waals surface area contributed by atoms with E-state index in [2.05, 4.69) is 36.9 Å². The molecule has 0 bridgehead atoms. The number of nitrogens with zero attached hydrogens (tertiary/aromatic N) is 1. The molecule has 2 aromatic rings. The van der Waals surface area contributed by atoms with Gasteiger partial charge in [0.15, 0.2) is 0 Å². The summed E-state index contributed by atoms with van der Waals surface area (Å²) in [4.78, 5) is 3.59. The summed E-state index contributed by atoms with van der Waals surface area (Å²) in [6.45, 7) is 14.0. The van der Waals surface area contributed by atoms with Crippen LogP contribution in [0.3, 0.4) is 0 Å². The zero-order valence-corrected chi connectivity index (χ0v) is 12.8. The summed E-state index contributed by atoms with van der Waals surface area (Å²) in [5, 5.41) is 0. The van der Waals surface area contributed by atoms with Crippen LogP contribution in [0.25, 0.3) is 4.85 Å². The van der Waals surface area contributed by atoms with Crippen molar-refractivity contribution in [2.75, 3.05) is 0 Å². The third-order valence-electron chi connectivity index (χ3n) is 3.57. The molecule has 2 heteroatoms. The van der Waals surface area contributed by atoms with Crippen molar-refractivity contribution in [2.24, 2.45) is 0 Å². The Balaban J connectivity index is 2.21. The molecule has 0 saturated heterocycles. The van der Waals surface area contributed by atoms with E-state index in [-0.39, 0.29) is 6.04 Å². The third kappa shape index (κ3) is 3.86. The Labute approximate surface area is 127 Å². The topological polar surface area (TPSA) is 13.6 Å². The highest BCUT2D eigenvalue weighted by molar-refractivity contribution is 5.41.